The van der Waals surface area contributed by atoms with E-state index in [4.69, 9.17) is 4.74 Å². The van der Waals surface area contributed by atoms with Gasteiger partial charge in [0.15, 0.2) is 0 Å². The number of amides is 2. The minimum atomic E-state index is -0.493. The Bertz CT molecular complexity index is 584. The molecule has 0 saturated carbocycles. The summed E-state index contributed by atoms with van der Waals surface area (Å²) in [5.74, 6) is 0.124. The average Bonchev–Trinajstić information content (AvgIpc) is 2.50. The van der Waals surface area contributed by atoms with Crippen molar-refractivity contribution in [1.82, 2.24) is 9.80 Å². The maximum absolute atomic E-state index is 12.2. The molecule has 0 unspecified atom stereocenters. The maximum atomic E-state index is 12.2. The number of hydrogen-bond donors (Lipinski definition) is 0. The fourth-order valence-corrected chi connectivity index (χ4v) is 2.84. The summed E-state index contributed by atoms with van der Waals surface area (Å²) < 4.78 is 6.49. The number of carbonyl (C=O) groups is 2. The Labute approximate surface area is 164 Å². The van der Waals surface area contributed by atoms with Gasteiger partial charge in [0.1, 0.15) is 5.60 Å². The fraction of sp³-hybridized carbons (Fsp3) is 0.579. The van der Waals surface area contributed by atoms with E-state index in [1.54, 1.807) is 16.8 Å². The number of ether oxygens (including phenoxy) is 1. The first-order chi connectivity index (χ1) is 11.6. The van der Waals surface area contributed by atoms with Crippen molar-refractivity contribution in [3.8, 4) is 0 Å². The molecule has 5 nitrogen and oxygen atoms in total. The SMILES string of the molecule is CN(CCCN(C)C(=O)OC(C)(C)C)C(=O)CCc1cccc(I)c1. The van der Waals surface area contributed by atoms with Gasteiger partial charge < -0.3 is 14.5 Å². The predicted octanol–water partition coefficient (Wildman–Crippen LogP) is 3.94. The fourth-order valence-electron chi connectivity index (χ4n) is 2.24. The second kappa shape index (κ2) is 9.99. The lowest BCUT2D eigenvalue weighted by atomic mass is 10.1. The van der Waals surface area contributed by atoms with Crippen molar-refractivity contribution in [3.05, 3.63) is 33.4 Å². The Morgan fingerprint density at radius 1 is 1.12 bits per heavy atom. The highest BCUT2D eigenvalue weighted by molar-refractivity contribution is 14.1. The van der Waals surface area contributed by atoms with E-state index < -0.39 is 5.60 Å². The number of nitrogens with zero attached hydrogens (tertiary/aromatic N) is 2. The molecule has 0 aliphatic carbocycles. The van der Waals surface area contributed by atoms with Crippen LogP contribution in [-0.4, -0.2) is 54.6 Å². The van der Waals surface area contributed by atoms with Crippen LogP contribution in [0.2, 0.25) is 0 Å². The molecule has 0 spiro atoms. The predicted molar refractivity (Wildman–Crippen MR) is 109 cm³/mol. The second-order valence-electron chi connectivity index (χ2n) is 7.20. The topological polar surface area (TPSA) is 49.9 Å². The maximum Gasteiger partial charge on any atom is 0.410 e. The van der Waals surface area contributed by atoms with Gasteiger partial charge in [0, 0.05) is 37.2 Å². The van der Waals surface area contributed by atoms with E-state index in [9.17, 15) is 9.59 Å². The second-order valence-corrected chi connectivity index (χ2v) is 8.45. The van der Waals surface area contributed by atoms with E-state index in [0.29, 0.717) is 19.5 Å². The van der Waals surface area contributed by atoms with E-state index in [1.165, 1.54) is 9.13 Å². The highest BCUT2D eigenvalue weighted by Crippen LogP contribution is 2.11. The molecule has 140 valence electrons. The van der Waals surface area contributed by atoms with Crippen molar-refractivity contribution < 1.29 is 14.3 Å². The Morgan fingerprint density at radius 2 is 1.76 bits per heavy atom. The van der Waals surface area contributed by atoms with E-state index in [0.717, 1.165) is 12.8 Å². The van der Waals surface area contributed by atoms with Crippen LogP contribution < -0.4 is 0 Å². The quantitative estimate of drug-likeness (QED) is 0.580. The molecule has 0 aliphatic rings. The molecule has 0 saturated heterocycles. The minimum Gasteiger partial charge on any atom is -0.444 e. The molecule has 1 rings (SSSR count). The first-order valence-corrected chi connectivity index (χ1v) is 9.59. The van der Waals surface area contributed by atoms with Gasteiger partial charge >= 0.3 is 6.09 Å². The molecule has 6 heteroatoms. The number of hydrogen-bond acceptors (Lipinski definition) is 3. The van der Waals surface area contributed by atoms with Crippen molar-refractivity contribution in [2.24, 2.45) is 0 Å². The molecule has 25 heavy (non-hydrogen) atoms. The zero-order valence-corrected chi connectivity index (χ0v) is 18.0. The molecule has 0 fully saturated rings. The highest BCUT2D eigenvalue weighted by atomic mass is 127. The molecule has 0 bridgehead atoms. The molecule has 2 amide bonds. The van der Waals surface area contributed by atoms with Crippen LogP contribution in [0.15, 0.2) is 24.3 Å². The number of halogens is 1. The summed E-state index contributed by atoms with van der Waals surface area (Å²) in [6.07, 6.45) is 1.64. The van der Waals surface area contributed by atoms with Crippen molar-refractivity contribution in [3.63, 3.8) is 0 Å². The smallest absolute Gasteiger partial charge is 0.410 e. The first-order valence-electron chi connectivity index (χ1n) is 8.51. The lowest BCUT2D eigenvalue weighted by molar-refractivity contribution is -0.129. The molecule has 1 aromatic carbocycles. The molecule has 1 aromatic rings. The van der Waals surface area contributed by atoms with Crippen LogP contribution in [0.5, 0.6) is 0 Å². The zero-order valence-electron chi connectivity index (χ0n) is 15.8. The lowest BCUT2D eigenvalue weighted by Gasteiger charge is -2.25. The summed E-state index contributed by atoms with van der Waals surface area (Å²) >= 11 is 2.28. The number of aryl methyl sites for hydroxylation is 1. The van der Waals surface area contributed by atoms with Gasteiger partial charge in [0.25, 0.3) is 0 Å². The number of benzene rings is 1. The van der Waals surface area contributed by atoms with E-state index in [-0.39, 0.29) is 12.0 Å². The van der Waals surface area contributed by atoms with Crippen LogP contribution in [0.1, 0.15) is 39.2 Å². The Hall–Kier alpha value is -1.31. The average molecular weight is 460 g/mol. The third-order valence-corrected chi connectivity index (χ3v) is 4.31. The molecule has 0 aromatic heterocycles. The van der Waals surface area contributed by atoms with Gasteiger partial charge in [0.05, 0.1) is 0 Å². The molecule has 0 atom stereocenters. The molecule has 0 radical (unpaired) electrons. The summed E-state index contributed by atoms with van der Waals surface area (Å²) in [5.41, 5.74) is 0.686. The summed E-state index contributed by atoms with van der Waals surface area (Å²) in [6, 6.07) is 8.20. The van der Waals surface area contributed by atoms with Crippen molar-refractivity contribution >= 4 is 34.6 Å². The Morgan fingerprint density at radius 3 is 2.36 bits per heavy atom. The third-order valence-electron chi connectivity index (χ3n) is 3.63. The Balaban J connectivity index is 2.30. The van der Waals surface area contributed by atoms with Gasteiger partial charge in [-0.15, -0.1) is 0 Å². The highest BCUT2D eigenvalue weighted by Gasteiger charge is 2.19. The standard InChI is InChI=1S/C19H29IN2O3/c1-19(2,3)25-18(24)22(5)13-7-12-21(4)17(23)11-10-15-8-6-9-16(20)14-15/h6,8-9,14H,7,10-13H2,1-5H3. The minimum absolute atomic E-state index is 0.124. The van der Waals surface area contributed by atoms with Gasteiger partial charge in [-0.2, -0.15) is 0 Å². The van der Waals surface area contributed by atoms with Crippen LogP contribution in [0.3, 0.4) is 0 Å². The van der Waals surface area contributed by atoms with Crippen molar-refractivity contribution in [2.45, 2.75) is 45.6 Å². The van der Waals surface area contributed by atoms with Crippen LogP contribution >= 0.6 is 22.6 Å². The lowest BCUT2D eigenvalue weighted by Crippen LogP contribution is -2.36. The molecule has 0 N–H and O–H groups in total. The molecule has 0 heterocycles. The summed E-state index contributed by atoms with van der Waals surface area (Å²) in [6.45, 7) is 6.72. The number of carbonyl (C=O) groups excluding carboxylic acids is 2. The Kier molecular flexibility index (Phi) is 8.68. The summed E-state index contributed by atoms with van der Waals surface area (Å²) in [7, 11) is 3.53. The van der Waals surface area contributed by atoms with E-state index in [2.05, 4.69) is 28.7 Å². The van der Waals surface area contributed by atoms with E-state index in [1.807, 2.05) is 46.0 Å². The zero-order chi connectivity index (χ0) is 19.0. The van der Waals surface area contributed by atoms with Gasteiger partial charge in [-0.1, -0.05) is 12.1 Å². The normalized spacial score (nSPS) is 11.1. The van der Waals surface area contributed by atoms with Crippen LogP contribution in [0, 0.1) is 3.57 Å². The molecule has 0 aliphatic heterocycles. The third kappa shape index (κ3) is 9.09. The van der Waals surface area contributed by atoms with E-state index >= 15 is 0 Å². The van der Waals surface area contributed by atoms with Gasteiger partial charge in [-0.25, -0.2) is 4.79 Å². The largest absolute Gasteiger partial charge is 0.444 e. The van der Waals surface area contributed by atoms with Crippen LogP contribution in [-0.2, 0) is 16.0 Å². The monoisotopic (exact) mass is 460 g/mol. The molecular weight excluding hydrogens is 431 g/mol. The van der Waals surface area contributed by atoms with Crippen LogP contribution in [0.4, 0.5) is 4.79 Å². The summed E-state index contributed by atoms with van der Waals surface area (Å²) in [4.78, 5) is 27.4. The van der Waals surface area contributed by atoms with Crippen molar-refractivity contribution in [1.29, 1.82) is 0 Å². The van der Waals surface area contributed by atoms with Gasteiger partial charge in [0.2, 0.25) is 5.91 Å². The van der Waals surface area contributed by atoms with Crippen LogP contribution in [0.25, 0.3) is 0 Å². The summed E-state index contributed by atoms with van der Waals surface area (Å²) in [5, 5.41) is 0. The van der Waals surface area contributed by atoms with Gasteiger partial charge in [-0.05, 0) is 73.9 Å². The van der Waals surface area contributed by atoms with Crippen molar-refractivity contribution in [2.75, 3.05) is 27.2 Å². The first kappa shape index (κ1) is 21.7. The van der Waals surface area contributed by atoms with Gasteiger partial charge in [-0.3, -0.25) is 4.79 Å². The number of rotatable bonds is 7. The molecular formula is C19H29IN2O3.